The smallest absolute Gasteiger partial charge is 0.410 e. The van der Waals surface area contributed by atoms with Gasteiger partial charge in [0, 0.05) is 37.8 Å². The maximum absolute atomic E-state index is 12.4. The first-order chi connectivity index (χ1) is 14.3. The van der Waals surface area contributed by atoms with Gasteiger partial charge in [-0.15, -0.1) is 0 Å². The van der Waals surface area contributed by atoms with Gasteiger partial charge < -0.3 is 24.2 Å². The first kappa shape index (κ1) is 21.2. The number of likely N-dealkylation sites (tertiary alicyclic amines) is 1. The van der Waals surface area contributed by atoms with Crippen molar-refractivity contribution in [2.45, 2.75) is 64.5 Å². The molecule has 2 aliphatic heterocycles. The Balaban J connectivity index is 1.42. The van der Waals surface area contributed by atoms with Crippen LogP contribution in [-0.4, -0.2) is 83.9 Å². The number of nitrogens with zero attached hydrogens (tertiary/aromatic N) is 5. The van der Waals surface area contributed by atoms with Crippen molar-refractivity contribution in [2.75, 3.05) is 51.3 Å². The number of carbonyl (C=O) groups is 1. The number of rotatable bonds is 4. The zero-order chi connectivity index (χ0) is 21.3. The Morgan fingerprint density at radius 1 is 1.07 bits per heavy atom. The first-order valence-electron chi connectivity index (χ1n) is 11.3. The van der Waals surface area contributed by atoms with E-state index in [0.29, 0.717) is 31.7 Å². The van der Waals surface area contributed by atoms with E-state index >= 15 is 0 Å². The van der Waals surface area contributed by atoms with Crippen LogP contribution in [0.3, 0.4) is 0 Å². The summed E-state index contributed by atoms with van der Waals surface area (Å²) in [7, 11) is 2.15. The molecule has 2 saturated heterocycles. The second-order valence-electron chi connectivity index (χ2n) is 9.65. The molecule has 3 aliphatic rings. The molecule has 0 spiro atoms. The van der Waals surface area contributed by atoms with E-state index in [1.54, 1.807) is 4.90 Å². The molecule has 0 aromatic carbocycles. The van der Waals surface area contributed by atoms with Crippen LogP contribution in [0.25, 0.3) is 0 Å². The van der Waals surface area contributed by atoms with Gasteiger partial charge in [-0.1, -0.05) is 0 Å². The maximum atomic E-state index is 12.4. The molecule has 1 unspecified atom stereocenters. The van der Waals surface area contributed by atoms with Crippen LogP contribution >= 0.6 is 0 Å². The predicted molar refractivity (Wildman–Crippen MR) is 115 cm³/mol. The molecule has 3 heterocycles. The van der Waals surface area contributed by atoms with Gasteiger partial charge in [-0.2, -0.15) is 9.97 Å². The van der Waals surface area contributed by atoms with Crippen molar-refractivity contribution in [1.29, 1.82) is 0 Å². The summed E-state index contributed by atoms with van der Waals surface area (Å²) >= 11 is 0. The third-order valence-corrected chi connectivity index (χ3v) is 6.20. The normalized spacial score (nSPS) is 22.3. The summed E-state index contributed by atoms with van der Waals surface area (Å²) < 4.78 is 11.6. The lowest BCUT2D eigenvalue weighted by Crippen LogP contribution is -2.50. The standard InChI is InChI=1S/C22H35N5O3/c1-22(2,3)30-21(28)27-13-11-26(12-14-27)19-17-8-5-9-18(17)23-20(24-19)29-15-16-7-6-10-25(16)4/h16H,5-15H2,1-4H3. The van der Waals surface area contributed by atoms with Crippen molar-refractivity contribution < 1.29 is 14.3 Å². The molecule has 0 saturated carbocycles. The zero-order valence-electron chi connectivity index (χ0n) is 18.8. The van der Waals surface area contributed by atoms with Crippen LogP contribution in [0, 0.1) is 0 Å². The summed E-state index contributed by atoms with van der Waals surface area (Å²) in [4.78, 5) is 28.3. The van der Waals surface area contributed by atoms with Crippen LogP contribution in [0.5, 0.6) is 6.01 Å². The molecule has 0 radical (unpaired) electrons. The van der Waals surface area contributed by atoms with Gasteiger partial charge >= 0.3 is 12.1 Å². The highest BCUT2D eigenvalue weighted by Gasteiger charge is 2.30. The van der Waals surface area contributed by atoms with Gasteiger partial charge in [0.2, 0.25) is 0 Å². The van der Waals surface area contributed by atoms with Gasteiger partial charge in [0.25, 0.3) is 0 Å². The molecule has 0 N–H and O–H groups in total. The number of piperazine rings is 1. The third kappa shape index (κ3) is 4.79. The fourth-order valence-corrected chi connectivity index (χ4v) is 4.50. The number of aryl methyl sites for hydroxylation is 1. The summed E-state index contributed by atoms with van der Waals surface area (Å²) in [5.74, 6) is 0.996. The highest BCUT2D eigenvalue weighted by molar-refractivity contribution is 5.68. The topological polar surface area (TPSA) is 71.0 Å². The number of ether oxygens (including phenoxy) is 2. The van der Waals surface area contributed by atoms with E-state index < -0.39 is 5.60 Å². The molecule has 1 amide bonds. The van der Waals surface area contributed by atoms with E-state index in [1.807, 2.05) is 20.8 Å². The minimum atomic E-state index is -0.471. The Morgan fingerprint density at radius 2 is 1.83 bits per heavy atom. The summed E-state index contributed by atoms with van der Waals surface area (Å²) in [5.41, 5.74) is 1.91. The van der Waals surface area contributed by atoms with Gasteiger partial charge in [-0.05, 0) is 66.5 Å². The minimum absolute atomic E-state index is 0.236. The van der Waals surface area contributed by atoms with E-state index in [4.69, 9.17) is 19.4 Å². The van der Waals surface area contributed by atoms with E-state index in [-0.39, 0.29) is 6.09 Å². The summed E-state index contributed by atoms with van der Waals surface area (Å²) in [5, 5.41) is 0. The van der Waals surface area contributed by atoms with E-state index in [2.05, 4.69) is 16.8 Å². The number of hydrogen-bond donors (Lipinski definition) is 0. The van der Waals surface area contributed by atoms with Crippen molar-refractivity contribution in [3.8, 4) is 6.01 Å². The van der Waals surface area contributed by atoms with E-state index in [0.717, 1.165) is 50.4 Å². The molecule has 1 atom stereocenters. The van der Waals surface area contributed by atoms with Gasteiger partial charge in [0.05, 0.1) is 5.69 Å². The lowest BCUT2D eigenvalue weighted by Gasteiger charge is -2.36. The van der Waals surface area contributed by atoms with Crippen LogP contribution in [0.2, 0.25) is 0 Å². The van der Waals surface area contributed by atoms with Gasteiger partial charge in [0.1, 0.15) is 18.0 Å². The van der Waals surface area contributed by atoms with Crippen molar-refractivity contribution in [3.05, 3.63) is 11.3 Å². The maximum Gasteiger partial charge on any atom is 0.410 e. The van der Waals surface area contributed by atoms with Crippen molar-refractivity contribution in [2.24, 2.45) is 0 Å². The molecular weight excluding hydrogens is 382 g/mol. The van der Waals surface area contributed by atoms with Crippen molar-refractivity contribution >= 4 is 11.9 Å². The van der Waals surface area contributed by atoms with E-state index in [1.165, 1.54) is 18.4 Å². The van der Waals surface area contributed by atoms with Crippen molar-refractivity contribution in [3.63, 3.8) is 0 Å². The number of carbonyl (C=O) groups excluding carboxylic acids is 1. The van der Waals surface area contributed by atoms with Crippen LogP contribution < -0.4 is 9.64 Å². The Kier molecular flexibility index (Phi) is 6.04. The van der Waals surface area contributed by atoms with Crippen molar-refractivity contribution in [1.82, 2.24) is 19.8 Å². The minimum Gasteiger partial charge on any atom is -0.462 e. The number of hydrogen-bond acceptors (Lipinski definition) is 7. The highest BCUT2D eigenvalue weighted by atomic mass is 16.6. The number of anilines is 1. The fourth-order valence-electron chi connectivity index (χ4n) is 4.50. The first-order valence-corrected chi connectivity index (χ1v) is 11.3. The van der Waals surface area contributed by atoms with Gasteiger partial charge in [0.15, 0.2) is 0 Å². The molecule has 8 heteroatoms. The SMILES string of the molecule is CN1CCCC1COc1nc2c(c(N3CCN(C(=O)OC(C)(C)C)CC3)n1)CCC2. The van der Waals surface area contributed by atoms with Crippen LogP contribution in [0.15, 0.2) is 0 Å². The van der Waals surface area contributed by atoms with Crippen LogP contribution in [-0.2, 0) is 17.6 Å². The summed E-state index contributed by atoms with van der Waals surface area (Å²) in [6.07, 6.45) is 5.28. The fraction of sp³-hybridized carbons (Fsp3) is 0.773. The largest absolute Gasteiger partial charge is 0.462 e. The second-order valence-corrected chi connectivity index (χ2v) is 9.65. The Morgan fingerprint density at radius 3 is 2.50 bits per heavy atom. The number of fused-ring (bicyclic) bond motifs is 1. The summed E-state index contributed by atoms with van der Waals surface area (Å²) in [6.45, 7) is 10.2. The molecular formula is C22H35N5O3. The molecule has 166 valence electrons. The van der Waals surface area contributed by atoms with Crippen LogP contribution in [0.1, 0.15) is 51.3 Å². The molecule has 1 aliphatic carbocycles. The number of aromatic nitrogens is 2. The molecule has 4 rings (SSSR count). The van der Waals surface area contributed by atoms with Gasteiger partial charge in [-0.25, -0.2) is 4.79 Å². The highest BCUT2D eigenvalue weighted by Crippen LogP contribution is 2.31. The zero-order valence-corrected chi connectivity index (χ0v) is 18.8. The summed E-state index contributed by atoms with van der Waals surface area (Å²) in [6, 6.07) is 0.947. The molecule has 0 bridgehead atoms. The Bertz CT molecular complexity index is 771. The van der Waals surface area contributed by atoms with E-state index in [9.17, 15) is 4.79 Å². The Hall–Kier alpha value is -2.09. The average Bonchev–Trinajstić information content (AvgIpc) is 3.33. The second kappa shape index (κ2) is 8.57. The third-order valence-electron chi connectivity index (χ3n) is 6.20. The average molecular weight is 418 g/mol. The predicted octanol–water partition coefficient (Wildman–Crippen LogP) is 2.50. The lowest BCUT2D eigenvalue weighted by molar-refractivity contribution is 0.0240. The number of likely N-dealkylation sites (N-methyl/N-ethyl adjacent to an activating group) is 1. The Labute approximate surface area is 179 Å². The number of amides is 1. The molecule has 1 aromatic rings. The molecule has 30 heavy (non-hydrogen) atoms. The van der Waals surface area contributed by atoms with Gasteiger partial charge in [-0.3, -0.25) is 0 Å². The molecule has 2 fully saturated rings. The molecule has 1 aromatic heterocycles. The molecule has 8 nitrogen and oxygen atoms in total. The van der Waals surface area contributed by atoms with Crippen LogP contribution in [0.4, 0.5) is 10.6 Å². The lowest BCUT2D eigenvalue weighted by atomic mass is 10.2. The quantitative estimate of drug-likeness (QED) is 0.745. The monoisotopic (exact) mass is 417 g/mol.